The van der Waals surface area contributed by atoms with Crippen LogP contribution in [0.4, 0.5) is 0 Å². The van der Waals surface area contributed by atoms with E-state index in [4.69, 9.17) is 9.47 Å². The lowest BCUT2D eigenvalue weighted by molar-refractivity contribution is 0.0397. The molecule has 1 aliphatic carbocycles. The standard InChI is InChI=1S/C15H25N3O2/c1-4-20-14(12-5-6-12)15-17-11(2)9-13(18-15)10-16-7-8-19-3/h9,12,14,16H,4-8,10H2,1-3H3. The molecule has 2 rings (SSSR count). The summed E-state index contributed by atoms with van der Waals surface area (Å²) >= 11 is 0. The number of nitrogens with one attached hydrogen (secondary N) is 1. The molecule has 0 bridgehead atoms. The lowest BCUT2D eigenvalue weighted by Gasteiger charge is -2.16. The zero-order chi connectivity index (χ0) is 14.4. The summed E-state index contributed by atoms with van der Waals surface area (Å²) in [4.78, 5) is 9.24. The van der Waals surface area contributed by atoms with Gasteiger partial charge in [0.2, 0.25) is 0 Å². The molecule has 0 saturated heterocycles. The van der Waals surface area contributed by atoms with Crippen molar-refractivity contribution in [1.82, 2.24) is 15.3 Å². The predicted octanol–water partition coefficient (Wildman–Crippen LogP) is 2.01. The van der Waals surface area contributed by atoms with Crippen molar-refractivity contribution in [1.29, 1.82) is 0 Å². The maximum absolute atomic E-state index is 5.84. The number of aryl methyl sites for hydroxylation is 1. The molecule has 1 aliphatic rings. The molecule has 5 heteroatoms. The fourth-order valence-electron chi connectivity index (χ4n) is 2.27. The Hall–Kier alpha value is -1.04. The van der Waals surface area contributed by atoms with Gasteiger partial charge >= 0.3 is 0 Å². The average molecular weight is 279 g/mol. The van der Waals surface area contributed by atoms with E-state index in [0.29, 0.717) is 19.1 Å². The third kappa shape index (κ3) is 4.51. The first-order valence-electron chi connectivity index (χ1n) is 7.40. The number of hydrogen-bond donors (Lipinski definition) is 1. The lowest BCUT2D eigenvalue weighted by atomic mass is 10.2. The number of aromatic nitrogens is 2. The molecule has 5 nitrogen and oxygen atoms in total. The van der Waals surface area contributed by atoms with Crippen LogP contribution in [0.3, 0.4) is 0 Å². The second kappa shape index (κ2) is 7.67. The van der Waals surface area contributed by atoms with Gasteiger partial charge in [0.15, 0.2) is 5.82 Å². The van der Waals surface area contributed by atoms with E-state index in [2.05, 4.69) is 15.3 Å². The molecule has 112 valence electrons. The Balaban J connectivity index is 2.02. The molecule has 1 N–H and O–H groups in total. The molecular weight excluding hydrogens is 254 g/mol. The first-order chi connectivity index (χ1) is 9.74. The van der Waals surface area contributed by atoms with E-state index in [0.717, 1.165) is 30.3 Å². The Labute approximate surface area is 121 Å². The molecule has 0 amide bonds. The summed E-state index contributed by atoms with van der Waals surface area (Å²) in [6, 6.07) is 2.03. The van der Waals surface area contributed by atoms with Gasteiger partial charge in [0.05, 0.1) is 12.3 Å². The van der Waals surface area contributed by atoms with Crippen LogP contribution in [0.5, 0.6) is 0 Å². The summed E-state index contributed by atoms with van der Waals surface area (Å²) in [5, 5.41) is 3.32. The van der Waals surface area contributed by atoms with Gasteiger partial charge in [-0.3, -0.25) is 0 Å². The SMILES string of the molecule is CCOC(c1nc(C)cc(CNCCOC)n1)C1CC1. The van der Waals surface area contributed by atoms with Gasteiger partial charge in [-0.05, 0) is 38.7 Å². The minimum atomic E-state index is 0.0672. The van der Waals surface area contributed by atoms with Crippen molar-refractivity contribution in [3.8, 4) is 0 Å². The van der Waals surface area contributed by atoms with Gasteiger partial charge < -0.3 is 14.8 Å². The van der Waals surface area contributed by atoms with Crippen molar-refractivity contribution in [2.24, 2.45) is 5.92 Å². The van der Waals surface area contributed by atoms with E-state index in [1.165, 1.54) is 12.8 Å². The molecule has 0 aliphatic heterocycles. The molecule has 1 aromatic rings. The maximum Gasteiger partial charge on any atom is 0.157 e. The van der Waals surface area contributed by atoms with Crippen LogP contribution in [0.15, 0.2) is 6.07 Å². The molecule has 0 spiro atoms. The summed E-state index contributed by atoms with van der Waals surface area (Å²) < 4.78 is 10.9. The second-order valence-electron chi connectivity index (χ2n) is 5.24. The number of rotatable bonds is 9. The topological polar surface area (TPSA) is 56.3 Å². The monoisotopic (exact) mass is 279 g/mol. The van der Waals surface area contributed by atoms with Crippen molar-refractivity contribution in [2.75, 3.05) is 26.9 Å². The van der Waals surface area contributed by atoms with Crippen LogP contribution in [-0.4, -0.2) is 36.8 Å². The van der Waals surface area contributed by atoms with E-state index in [1.807, 2.05) is 19.9 Å². The second-order valence-corrected chi connectivity index (χ2v) is 5.24. The summed E-state index contributed by atoms with van der Waals surface area (Å²) in [5.74, 6) is 1.45. The molecule has 1 heterocycles. The van der Waals surface area contributed by atoms with Crippen LogP contribution in [0.25, 0.3) is 0 Å². The molecule has 1 unspecified atom stereocenters. The molecular formula is C15H25N3O2. The lowest BCUT2D eigenvalue weighted by Crippen LogP contribution is -2.20. The maximum atomic E-state index is 5.84. The van der Waals surface area contributed by atoms with Crippen molar-refractivity contribution < 1.29 is 9.47 Å². The predicted molar refractivity (Wildman–Crippen MR) is 77.4 cm³/mol. The summed E-state index contributed by atoms with van der Waals surface area (Å²) in [7, 11) is 1.71. The minimum absolute atomic E-state index is 0.0672. The van der Waals surface area contributed by atoms with Crippen LogP contribution in [0, 0.1) is 12.8 Å². The fourth-order valence-corrected chi connectivity index (χ4v) is 2.27. The van der Waals surface area contributed by atoms with Crippen LogP contribution in [-0.2, 0) is 16.0 Å². The highest BCUT2D eigenvalue weighted by molar-refractivity contribution is 5.12. The Morgan fingerprint density at radius 1 is 1.40 bits per heavy atom. The van der Waals surface area contributed by atoms with E-state index >= 15 is 0 Å². The number of hydrogen-bond acceptors (Lipinski definition) is 5. The highest BCUT2D eigenvalue weighted by Gasteiger charge is 2.35. The molecule has 1 saturated carbocycles. The van der Waals surface area contributed by atoms with Gasteiger partial charge in [-0.2, -0.15) is 0 Å². The highest BCUT2D eigenvalue weighted by atomic mass is 16.5. The van der Waals surface area contributed by atoms with Crippen LogP contribution >= 0.6 is 0 Å². The highest BCUT2D eigenvalue weighted by Crippen LogP contribution is 2.42. The summed E-state index contributed by atoms with van der Waals surface area (Å²) in [6.07, 6.45) is 2.52. The smallest absolute Gasteiger partial charge is 0.157 e. The molecule has 1 atom stereocenters. The number of ether oxygens (including phenoxy) is 2. The largest absolute Gasteiger partial charge is 0.383 e. The zero-order valence-electron chi connectivity index (χ0n) is 12.7. The zero-order valence-corrected chi connectivity index (χ0v) is 12.7. The number of nitrogens with zero attached hydrogens (tertiary/aromatic N) is 2. The Morgan fingerprint density at radius 3 is 2.85 bits per heavy atom. The van der Waals surface area contributed by atoms with E-state index in [1.54, 1.807) is 7.11 Å². The summed E-state index contributed by atoms with van der Waals surface area (Å²) in [5.41, 5.74) is 2.03. The van der Waals surface area contributed by atoms with Gasteiger partial charge in [0, 0.05) is 32.5 Å². The van der Waals surface area contributed by atoms with Gasteiger partial charge in [-0.15, -0.1) is 0 Å². The number of methoxy groups -OCH3 is 1. The van der Waals surface area contributed by atoms with E-state index < -0.39 is 0 Å². The third-order valence-electron chi connectivity index (χ3n) is 3.36. The molecule has 1 fully saturated rings. The third-order valence-corrected chi connectivity index (χ3v) is 3.36. The first kappa shape index (κ1) is 15.4. The minimum Gasteiger partial charge on any atom is -0.383 e. The molecule has 0 aromatic carbocycles. The molecule has 0 radical (unpaired) electrons. The van der Waals surface area contributed by atoms with Crippen molar-refractivity contribution in [2.45, 2.75) is 39.3 Å². The Morgan fingerprint density at radius 2 is 2.20 bits per heavy atom. The Bertz CT molecular complexity index is 422. The van der Waals surface area contributed by atoms with Crippen LogP contribution < -0.4 is 5.32 Å². The molecule has 20 heavy (non-hydrogen) atoms. The quantitative estimate of drug-likeness (QED) is 0.701. The van der Waals surface area contributed by atoms with Gasteiger partial charge in [0.25, 0.3) is 0 Å². The van der Waals surface area contributed by atoms with Crippen molar-refractivity contribution >= 4 is 0 Å². The first-order valence-corrected chi connectivity index (χ1v) is 7.40. The Kier molecular flexibility index (Phi) is 5.88. The van der Waals surface area contributed by atoms with E-state index in [9.17, 15) is 0 Å². The molecule has 1 aromatic heterocycles. The normalized spacial score (nSPS) is 16.4. The fraction of sp³-hybridized carbons (Fsp3) is 0.733. The van der Waals surface area contributed by atoms with Crippen LogP contribution in [0.1, 0.15) is 43.1 Å². The van der Waals surface area contributed by atoms with Crippen LogP contribution in [0.2, 0.25) is 0 Å². The average Bonchev–Trinajstić information content (AvgIpc) is 3.25. The van der Waals surface area contributed by atoms with Crippen molar-refractivity contribution in [3.05, 3.63) is 23.3 Å². The van der Waals surface area contributed by atoms with Gasteiger partial charge in [0.1, 0.15) is 6.10 Å². The summed E-state index contributed by atoms with van der Waals surface area (Å²) in [6.45, 7) is 7.02. The van der Waals surface area contributed by atoms with Gasteiger partial charge in [-0.25, -0.2) is 9.97 Å². The van der Waals surface area contributed by atoms with E-state index in [-0.39, 0.29) is 6.10 Å². The van der Waals surface area contributed by atoms with Crippen molar-refractivity contribution in [3.63, 3.8) is 0 Å². The van der Waals surface area contributed by atoms with Gasteiger partial charge in [-0.1, -0.05) is 0 Å².